The third-order valence-electron chi connectivity index (χ3n) is 3.21. The van der Waals surface area contributed by atoms with E-state index in [0.29, 0.717) is 19.4 Å². The molecular weight excluding hydrogens is 388 g/mol. The van der Waals surface area contributed by atoms with Crippen LogP contribution in [0.3, 0.4) is 0 Å². The Balaban J connectivity index is 1.66. The van der Waals surface area contributed by atoms with Gasteiger partial charge in [0.2, 0.25) is 5.91 Å². The molecule has 0 aliphatic rings. The lowest BCUT2D eigenvalue weighted by Crippen LogP contribution is -2.34. The minimum atomic E-state index is -0.132. The van der Waals surface area contributed by atoms with E-state index in [-0.39, 0.29) is 11.0 Å². The largest absolute Gasteiger partial charge is 0.494 e. The fraction of sp³-hybridized carbons (Fsp3) is 0.222. The molecule has 0 saturated heterocycles. The summed E-state index contributed by atoms with van der Waals surface area (Å²) in [4.78, 5) is 11.9. The Bertz CT molecular complexity index is 704. The zero-order valence-electron chi connectivity index (χ0n) is 13.3. The normalized spacial score (nSPS) is 10.1. The number of carbonyl (C=O) groups is 1. The summed E-state index contributed by atoms with van der Waals surface area (Å²) >= 11 is 8.56. The van der Waals surface area contributed by atoms with E-state index in [1.165, 1.54) is 5.56 Å². The Kier molecular flexibility index (Phi) is 7.21. The number of halogens is 1. The molecule has 0 radical (unpaired) electrons. The average molecular weight is 407 g/mol. The van der Waals surface area contributed by atoms with Gasteiger partial charge >= 0.3 is 0 Å². The Hall–Kier alpha value is -1.92. The highest BCUT2D eigenvalue weighted by Crippen LogP contribution is 2.20. The number of rotatable bonds is 6. The number of para-hydroxylation sites is 1. The minimum Gasteiger partial charge on any atom is -0.494 e. The standard InChI is InChI=1S/C18H19BrN2O2S/c1-13-8-10-14(11-9-13)23-12-4-7-17(22)21-18(24)20-16-6-3-2-5-15(16)19/h2-3,5-6,8-11H,4,7,12H2,1H3,(H2,20,21,22,24). The van der Waals surface area contributed by atoms with Crippen LogP contribution in [0, 0.1) is 6.92 Å². The van der Waals surface area contributed by atoms with E-state index in [1.807, 2.05) is 55.5 Å². The van der Waals surface area contributed by atoms with Crippen LogP contribution in [0.1, 0.15) is 18.4 Å². The van der Waals surface area contributed by atoms with Gasteiger partial charge in [0.15, 0.2) is 5.11 Å². The number of nitrogens with one attached hydrogen (secondary N) is 2. The molecular formula is C18H19BrN2O2S. The summed E-state index contributed by atoms with van der Waals surface area (Å²) in [6, 6.07) is 15.4. The van der Waals surface area contributed by atoms with Crippen molar-refractivity contribution >= 4 is 44.9 Å². The molecule has 0 unspecified atom stereocenters. The van der Waals surface area contributed by atoms with E-state index in [0.717, 1.165) is 15.9 Å². The van der Waals surface area contributed by atoms with Gasteiger partial charge in [-0.05, 0) is 65.8 Å². The van der Waals surface area contributed by atoms with Gasteiger partial charge in [-0.3, -0.25) is 4.79 Å². The third kappa shape index (κ3) is 6.29. The number of hydrogen-bond acceptors (Lipinski definition) is 3. The third-order valence-corrected chi connectivity index (χ3v) is 4.11. The van der Waals surface area contributed by atoms with Gasteiger partial charge in [-0.2, -0.15) is 0 Å². The maximum atomic E-state index is 11.9. The second-order valence-corrected chi connectivity index (χ2v) is 6.51. The van der Waals surface area contributed by atoms with Crippen molar-refractivity contribution in [2.24, 2.45) is 0 Å². The molecule has 0 aromatic heterocycles. The van der Waals surface area contributed by atoms with Crippen molar-refractivity contribution in [2.75, 3.05) is 11.9 Å². The van der Waals surface area contributed by atoms with Crippen molar-refractivity contribution in [3.05, 3.63) is 58.6 Å². The van der Waals surface area contributed by atoms with Crippen LogP contribution in [0.4, 0.5) is 5.69 Å². The fourth-order valence-electron chi connectivity index (χ4n) is 1.96. The maximum absolute atomic E-state index is 11.9. The smallest absolute Gasteiger partial charge is 0.226 e. The first-order valence-corrected chi connectivity index (χ1v) is 8.79. The van der Waals surface area contributed by atoms with Crippen molar-refractivity contribution in [2.45, 2.75) is 19.8 Å². The number of ether oxygens (including phenoxy) is 1. The number of benzene rings is 2. The summed E-state index contributed by atoms with van der Waals surface area (Å²) < 4.78 is 6.48. The summed E-state index contributed by atoms with van der Waals surface area (Å²) in [5.41, 5.74) is 2.00. The van der Waals surface area contributed by atoms with Crippen molar-refractivity contribution < 1.29 is 9.53 Å². The predicted molar refractivity (Wildman–Crippen MR) is 104 cm³/mol. The van der Waals surface area contributed by atoms with E-state index in [4.69, 9.17) is 17.0 Å². The van der Waals surface area contributed by atoms with Crippen LogP contribution in [0.5, 0.6) is 5.75 Å². The van der Waals surface area contributed by atoms with E-state index in [2.05, 4.69) is 26.6 Å². The van der Waals surface area contributed by atoms with Gasteiger partial charge in [-0.15, -0.1) is 0 Å². The van der Waals surface area contributed by atoms with E-state index in [9.17, 15) is 4.79 Å². The molecule has 0 aliphatic heterocycles. The molecule has 1 amide bonds. The molecule has 2 rings (SSSR count). The van der Waals surface area contributed by atoms with Gasteiger partial charge < -0.3 is 15.4 Å². The highest BCUT2D eigenvalue weighted by Gasteiger charge is 2.06. The van der Waals surface area contributed by atoms with Gasteiger partial charge in [0.25, 0.3) is 0 Å². The molecule has 0 aliphatic carbocycles. The van der Waals surface area contributed by atoms with Gasteiger partial charge in [0, 0.05) is 10.9 Å². The van der Waals surface area contributed by atoms with Crippen LogP contribution in [0.15, 0.2) is 53.0 Å². The van der Waals surface area contributed by atoms with Gasteiger partial charge in [0.05, 0.1) is 12.3 Å². The van der Waals surface area contributed by atoms with Crippen LogP contribution >= 0.6 is 28.1 Å². The summed E-state index contributed by atoms with van der Waals surface area (Å²) in [7, 11) is 0. The van der Waals surface area contributed by atoms with Crippen LogP contribution in [0.2, 0.25) is 0 Å². The molecule has 0 fully saturated rings. The topological polar surface area (TPSA) is 50.4 Å². The predicted octanol–water partition coefficient (Wildman–Crippen LogP) is 4.43. The average Bonchev–Trinajstić information content (AvgIpc) is 2.55. The molecule has 2 aromatic carbocycles. The molecule has 0 atom stereocenters. The van der Waals surface area contributed by atoms with E-state index in [1.54, 1.807) is 0 Å². The summed E-state index contributed by atoms with van der Waals surface area (Å²) in [6.45, 7) is 2.51. The molecule has 0 heterocycles. The van der Waals surface area contributed by atoms with Crippen LogP contribution in [-0.2, 0) is 4.79 Å². The molecule has 4 nitrogen and oxygen atoms in total. The van der Waals surface area contributed by atoms with Crippen molar-refractivity contribution in [3.63, 3.8) is 0 Å². The minimum absolute atomic E-state index is 0.132. The van der Waals surface area contributed by atoms with E-state index < -0.39 is 0 Å². The molecule has 2 N–H and O–H groups in total. The zero-order valence-corrected chi connectivity index (χ0v) is 15.7. The Morgan fingerprint density at radius 3 is 2.58 bits per heavy atom. The SMILES string of the molecule is Cc1ccc(OCCCC(=O)NC(=S)Nc2ccccc2Br)cc1. The number of amides is 1. The summed E-state index contributed by atoms with van der Waals surface area (Å²) in [6.07, 6.45) is 0.973. The first-order valence-electron chi connectivity index (χ1n) is 7.59. The first kappa shape index (κ1) is 18.4. The van der Waals surface area contributed by atoms with Gasteiger partial charge in [0.1, 0.15) is 5.75 Å². The Morgan fingerprint density at radius 2 is 1.88 bits per heavy atom. The Labute approximate surface area is 155 Å². The number of carbonyl (C=O) groups excluding carboxylic acids is 1. The van der Waals surface area contributed by atoms with Crippen molar-refractivity contribution in [3.8, 4) is 5.75 Å². The van der Waals surface area contributed by atoms with Crippen LogP contribution in [0.25, 0.3) is 0 Å². The molecule has 0 spiro atoms. The lowest BCUT2D eigenvalue weighted by Gasteiger charge is -2.11. The molecule has 0 bridgehead atoms. The van der Waals surface area contributed by atoms with Crippen LogP contribution < -0.4 is 15.4 Å². The van der Waals surface area contributed by atoms with Gasteiger partial charge in [-0.25, -0.2) is 0 Å². The number of aryl methyl sites for hydroxylation is 1. The quantitative estimate of drug-likeness (QED) is 0.550. The van der Waals surface area contributed by atoms with Crippen LogP contribution in [-0.4, -0.2) is 17.6 Å². The monoisotopic (exact) mass is 406 g/mol. The van der Waals surface area contributed by atoms with Gasteiger partial charge in [-0.1, -0.05) is 29.8 Å². The maximum Gasteiger partial charge on any atom is 0.226 e. The highest BCUT2D eigenvalue weighted by atomic mass is 79.9. The van der Waals surface area contributed by atoms with E-state index >= 15 is 0 Å². The second-order valence-electron chi connectivity index (χ2n) is 5.25. The summed E-state index contributed by atoms with van der Waals surface area (Å²) in [5.74, 6) is 0.680. The highest BCUT2D eigenvalue weighted by molar-refractivity contribution is 9.10. The lowest BCUT2D eigenvalue weighted by molar-refractivity contribution is -0.119. The summed E-state index contributed by atoms with van der Waals surface area (Å²) in [5, 5.41) is 5.93. The first-order chi connectivity index (χ1) is 11.5. The zero-order chi connectivity index (χ0) is 17.4. The molecule has 0 saturated carbocycles. The van der Waals surface area contributed by atoms with Crippen molar-refractivity contribution in [1.82, 2.24) is 5.32 Å². The number of thiocarbonyl (C=S) groups is 1. The molecule has 6 heteroatoms. The fourth-order valence-corrected chi connectivity index (χ4v) is 2.57. The molecule has 24 heavy (non-hydrogen) atoms. The van der Waals surface area contributed by atoms with Crippen molar-refractivity contribution in [1.29, 1.82) is 0 Å². The molecule has 126 valence electrons. The molecule has 2 aromatic rings. The lowest BCUT2D eigenvalue weighted by atomic mass is 10.2. The second kappa shape index (κ2) is 9.39. The number of anilines is 1. The number of hydrogen-bond donors (Lipinski definition) is 2. The Morgan fingerprint density at radius 1 is 1.17 bits per heavy atom.